The van der Waals surface area contributed by atoms with Crippen LogP contribution < -0.4 is 14.8 Å². The third kappa shape index (κ3) is 5.52. The first-order valence-electron chi connectivity index (χ1n) is 8.13. The normalized spacial score (nSPS) is 11.4. The van der Waals surface area contributed by atoms with Gasteiger partial charge in [0.2, 0.25) is 0 Å². The minimum atomic E-state index is -1.02. The number of amides is 1. The lowest BCUT2D eigenvalue weighted by atomic mass is 10.2. The van der Waals surface area contributed by atoms with Gasteiger partial charge in [-0.2, -0.15) is 0 Å². The van der Waals surface area contributed by atoms with Crippen molar-refractivity contribution in [3.05, 3.63) is 52.0 Å². The molecule has 2 aromatic rings. The number of hydrogen-bond donors (Lipinski definition) is 1. The number of benzene rings is 2. The summed E-state index contributed by atoms with van der Waals surface area (Å²) in [6.45, 7) is 3.66. The van der Waals surface area contributed by atoms with Crippen molar-refractivity contribution in [1.29, 1.82) is 0 Å². The van der Waals surface area contributed by atoms with Gasteiger partial charge in [-0.3, -0.25) is 4.79 Å². The van der Waals surface area contributed by atoms with Crippen LogP contribution in [0.4, 0.5) is 5.69 Å². The average molecular weight is 412 g/mol. The molecular weight excluding hydrogens is 393 g/mol. The fourth-order valence-electron chi connectivity index (χ4n) is 2.18. The first-order chi connectivity index (χ1) is 12.8. The third-order valence-electron chi connectivity index (χ3n) is 3.52. The van der Waals surface area contributed by atoms with Crippen molar-refractivity contribution in [2.45, 2.75) is 20.0 Å². The highest BCUT2D eigenvalue weighted by atomic mass is 35.5. The van der Waals surface area contributed by atoms with E-state index in [1.807, 2.05) is 0 Å². The van der Waals surface area contributed by atoms with Gasteiger partial charge in [-0.25, -0.2) is 4.79 Å². The Kier molecular flexibility index (Phi) is 7.33. The maximum Gasteiger partial charge on any atom is 0.339 e. The Bertz CT molecular complexity index is 824. The molecule has 0 radical (unpaired) electrons. The van der Waals surface area contributed by atoms with E-state index in [4.69, 9.17) is 37.4 Å². The van der Waals surface area contributed by atoms with Crippen LogP contribution in [0.2, 0.25) is 10.0 Å². The zero-order valence-corrected chi connectivity index (χ0v) is 16.6. The minimum absolute atomic E-state index is 0.145. The van der Waals surface area contributed by atoms with Gasteiger partial charge in [0.1, 0.15) is 0 Å². The van der Waals surface area contributed by atoms with Crippen LogP contribution in [-0.2, 0) is 9.53 Å². The van der Waals surface area contributed by atoms with Crippen LogP contribution >= 0.6 is 23.2 Å². The number of anilines is 1. The number of esters is 1. The van der Waals surface area contributed by atoms with Gasteiger partial charge >= 0.3 is 5.97 Å². The quantitative estimate of drug-likeness (QED) is 0.674. The molecule has 1 N–H and O–H groups in total. The molecule has 0 aliphatic carbocycles. The smallest absolute Gasteiger partial charge is 0.339 e. The molecule has 0 saturated heterocycles. The molecule has 0 aliphatic heterocycles. The van der Waals surface area contributed by atoms with Gasteiger partial charge in [0.05, 0.1) is 24.3 Å². The summed E-state index contributed by atoms with van der Waals surface area (Å²) in [6, 6.07) is 9.42. The summed E-state index contributed by atoms with van der Waals surface area (Å²) in [4.78, 5) is 24.6. The molecule has 0 heterocycles. The Hall–Kier alpha value is -2.44. The fourth-order valence-corrected chi connectivity index (χ4v) is 2.57. The Balaban J connectivity index is 2.08. The zero-order chi connectivity index (χ0) is 20.0. The van der Waals surface area contributed by atoms with Gasteiger partial charge in [0, 0.05) is 10.7 Å². The molecular formula is C19H19Cl2NO5. The maximum absolute atomic E-state index is 12.4. The van der Waals surface area contributed by atoms with Crippen molar-refractivity contribution in [2.24, 2.45) is 0 Å². The van der Waals surface area contributed by atoms with Gasteiger partial charge in [-0.05, 0) is 50.2 Å². The van der Waals surface area contributed by atoms with Crippen molar-refractivity contribution in [2.75, 3.05) is 19.0 Å². The molecule has 2 rings (SSSR count). The minimum Gasteiger partial charge on any atom is -0.493 e. The van der Waals surface area contributed by atoms with E-state index >= 15 is 0 Å². The second-order valence-electron chi connectivity index (χ2n) is 5.47. The number of rotatable bonds is 7. The van der Waals surface area contributed by atoms with Gasteiger partial charge in [-0.15, -0.1) is 0 Å². The molecule has 1 atom stereocenters. The number of carbonyl (C=O) groups is 2. The molecule has 27 heavy (non-hydrogen) atoms. The molecule has 0 aliphatic rings. The van der Waals surface area contributed by atoms with Gasteiger partial charge in [0.15, 0.2) is 17.6 Å². The molecule has 6 nitrogen and oxygen atoms in total. The standard InChI is InChI=1S/C19H19Cl2NO5/c1-4-26-17-15(21)9-12(10-16(17)25-3)19(24)27-11(2)18(23)22-14-7-5-13(20)6-8-14/h5-11H,4H2,1-3H3,(H,22,23)/t11-/m0/s1. The highest BCUT2D eigenvalue weighted by Crippen LogP contribution is 2.36. The average Bonchev–Trinajstić information content (AvgIpc) is 2.64. The van der Waals surface area contributed by atoms with Gasteiger partial charge in [-0.1, -0.05) is 23.2 Å². The lowest BCUT2D eigenvalue weighted by Gasteiger charge is -2.15. The molecule has 0 unspecified atom stereocenters. The van der Waals surface area contributed by atoms with Crippen LogP contribution in [0.15, 0.2) is 36.4 Å². The van der Waals surface area contributed by atoms with Crippen LogP contribution in [0.3, 0.4) is 0 Å². The molecule has 2 aromatic carbocycles. The van der Waals surface area contributed by atoms with Crippen LogP contribution in [0.25, 0.3) is 0 Å². The summed E-state index contributed by atoms with van der Waals surface area (Å²) in [6.07, 6.45) is -1.02. The SMILES string of the molecule is CCOc1c(Cl)cc(C(=O)O[C@@H](C)C(=O)Nc2ccc(Cl)cc2)cc1OC. The predicted molar refractivity (Wildman–Crippen MR) is 104 cm³/mol. The van der Waals surface area contributed by atoms with Crippen molar-refractivity contribution in [3.8, 4) is 11.5 Å². The van der Waals surface area contributed by atoms with Crippen LogP contribution in [0.1, 0.15) is 24.2 Å². The molecule has 1 amide bonds. The molecule has 8 heteroatoms. The summed E-state index contributed by atoms with van der Waals surface area (Å²) < 4.78 is 15.8. The predicted octanol–water partition coefficient (Wildman–Crippen LogP) is 4.58. The Labute approximate surface area is 167 Å². The van der Waals surface area contributed by atoms with Gasteiger partial charge in [0.25, 0.3) is 5.91 Å². The number of methoxy groups -OCH3 is 1. The third-order valence-corrected chi connectivity index (χ3v) is 4.05. The van der Waals surface area contributed by atoms with Crippen LogP contribution in [0, 0.1) is 0 Å². The molecule has 0 spiro atoms. The summed E-state index contributed by atoms with van der Waals surface area (Å²) in [7, 11) is 1.44. The molecule has 0 fully saturated rings. The highest BCUT2D eigenvalue weighted by molar-refractivity contribution is 6.32. The van der Waals surface area contributed by atoms with E-state index in [-0.39, 0.29) is 10.6 Å². The number of nitrogens with one attached hydrogen (secondary N) is 1. The van der Waals surface area contributed by atoms with Crippen LogP contribution in [0.5, 0.6) is 11.5 Å². The number of hydrogen-bond acceptors (Lipinski definition) is 5. The van der Waals surface area contributed by atoms with E-state index in [0.29, 0.717) is 28.8 Å². The molecule has 144 valence electrons. The summed E-state index contributed by atoms with van der Waals surface area (Å²) in [5, 5.41) is 3.40. The monoisotopic (exact) mass is 411 g/mol. The Morgan fingerprint density at radius 2 is 1.81 bits per heavy atom. The second kappa shape index (κ2) is 9.48. The maximum atomic E-state index is 12.4. The lowest BCUT2D eigenvalue weighted by Crippen LogP contribution is -2.30. The Morgan fingerprint density at radius 1 is 1.15 bits per heavy atom. The number of halogens is 2. The van der Waals surface area contributed by atoms with Crippen molar-refractivity contribution < 1.29 is 23.8 Å². The topological polar surface area (TPSA) is 73.9 Å². The molecule has 0 saturated carbocycles. The molecule has 0 bridgehead atoms. The van der Waals surface area contributed by atoms with E-state index in [1.54, 1.807) is 31.2 Å². The van der Waals surface area contributed by atoms with E-state index in [0.717, 1.165) is 0 Å². The summed E-state index contributed by atoms with van der Waals surface area (Å²) in [5.74, 6) is -0.548. The van der Waals surface area contributed by atoms with E-state index < -0.39 is 18.0 Å². The van der Waals surface area contributed by atoms with Crippen molar-refractivity contribution >= 4 is 40.8 Å². The van der Waals surface area contributed by atoms with E-state index in [9.17, 15) is 9.59 Å². The largest absolute Gasteiger partial charge is 0.493 e. The Morgan fingerprint density at radius 3 is 2.41 bits per heavy atom. The zero-order valence-electron chi connectivity index (χ0n) is 15.0. The molecule has 0 aromatic heterocycles. The second-order valence-corrected chi connectivity index (χ2v) is 6.31. The van der Waals surface area contributed by atoms with E-state index in [1.165, 1.54) is 26.2 Å². The van der Waals surface area contributed by atoms with Gasteiger partial charge < -0.3 is 19.5 Å². The number of ether oxygens (including phenoxy) is 3. The van der Waals surface area contributed by atoms with Crippen LogP contribution in [-0.4, -0.2) is 31.7 Å². The first kappa shape index (κ1) is 20.9. The van der Waals surface area contributed by atoms with Crippen molar-refractivity contribution in [1.82, 2.24) is 0 Å². The number of carbonyl (C=O) groups excluding carboxylic acids is 2. The highest BCUT2D eigenvalue weighted by Gasteiger charge is 2.22. The summed E-state index contributed by atoms with van der Waals surface area (Å²) in [5.41, 5.74) is 0.685. The summed E-state index contributed by atoms with van der Waals surface area (Å²) >= 11 is 12.0. The fraction of sp³-hybridized carbons (Fsp3) is 0.263. The first-order valence-corrected chi connectivity index (χ1v) is 8.89. The lowest BCUT2D eigenvalue weighted by molar-refractivity contribution is -0.123. The van der Waals surface area contributed by atoms with Crippen molar-refractivity contribution in [3.63, 3.8) is 0 Å². The van der Waals surface area contributed by atoms with E-state index in [2.05, 4.69) is 5.32 Å².